The van der Waals surface area contributed by atoms with Gasteiger partial charge in [0.05, 0.1) is 10.7 Å². The summed E-state index contributed by atoms with van der Waals surface area (Å²) in [5.41, 5.74) is 5.50. The molecule has 0 spiro atoms. The number of hydrogen-bond donors (Lipinski definition) is 2. The number of rotatable bonds is 3. The van der Waals surface area contributed by atoms with Crippen LogP contribution in [0.15, 0.2) is 18.2 Å². The number of carbonyl (C=O) groups excluding carboxylic acids is 1. The van der Waals surface area contributed by atoms with E-state index in [0.29, 0.717) is 5.69 Å². The van der Waals surface area contributed by atoms with E-state index < -0.39 is 11.4 Å². The Hall–Kier alpha value is -1.13. The highest BCUT2D eigenvalue weighted by molar-refractivity contribution is 6.33. The van der Waals surface area contributed by atoms with Gasteiger partial charge in [0.1, 0.15) is 5.82 Å². The van der Waals surface area contributed by atoms with E-state index in [4.69, 9.17) is 17.3 Å². The predicted octanol–water partition coefficient (Wildman–Crippen LogP) is 2.54. The lowest BCUT2D eigenvalue weighted by Gasteiger charge is -2.17. The van der Waals surface area contributed by atoms with Crippen LogP contribution in [0.4, 0.5) is 10.1 Å². The van der Waals surface area contributed by atoms with Crippen molar-refractivity contribution in [3.63, 3.8) is 0 Å². The molecule has 0 aliphatic carbocycles. The van der Waals surface area contributed by atoms with Crippen LogP contribution in [-0.4, -0.2) is 11.4 Å². The van der Waals surface area contributed by atoms with Crippen molar-refractivity contribution in [2.75, 3.05) is 5.32 Å². The molecule has 0 unspecified atom stereocenters. The number of halogens is 2. The van der Waals surface area contributed by atoms with Crippen molar-refractivity contribution in [2.45, 2.75) is 25.8 Å². The predicted molar refractivity (Wildman–Crippen MR) is 62.9 cm³/mol. The highest BCUT2D eigenvalue weighted by Crippen LogP contribution is 2.22. The van der Waals surface area contributed by atoms with E-state index in [1.165, 1.54) is 12.1 Å². The van der Waals surface area contributed by atoms with E-state index in [1.54, 1.807) is 13.8 Å². The Morgan fingerprint density at radius 1 is 1.56 bits per heavy atom. The smallest absolute Gasteiger partial charge is 0.226 e. The first-order valence-corrected chi connectivity index (χ1v) is 5.19. The molecule has 1 amide bonds. The second kappa shape index (κ2) is 4.80. The third-order valence-corrected chi connectivity index (χ3v) is 2.13. The van der Waals surface area contributed by atoms with Crippen LogP contribution in [0.3, 0.4) is 0 Å². The van der Waals surface area contributed by atoms with Gasteiger partial charge in [0.2, 0.25) is 5.91 Å². The molecule has 0 heterocycles. The zero-order valence-corrected chi connectivity index (χ0v) is 9.94. The van der Waals surface area contributed by atoms with Gasteiger partial charge in [-0.3, -0.25) is 4.79 Å². The van der Waals surface area contributed by atoms with Crippen molar-refractivity contribution in [1.82, 2.24) is 0 Å². The maximum absolute atomic E-state index is 12.7. The number of anilines is 1. The van der Waals surface area contributed by atoms with Crippen LogP contribution >= 0.6 is 11.6 Å². The molecule has 5 heteroatoms. The zero-order chi connectivity index (χ0) is 12.3. The molecule has 0 saturated heterocycles. The molecule has 0 aliphatic heterocycles. The van der Waals surface area contributed by atoms with Gasteiger partial charge in [-0.05, 0) is 32.0 Å². The molecule has 0 atom stereocenters. The summed E-state index contributed by atoms with van der Waals surface area (Å²) in [6, 6.07) is 3.79. The SMILES string of the molecule is CC(C)(N)CC(=O)Nc1ccc(F)cc1Cl. The Morgan fingerprint density at radius 3 is 2.69 bits per heavy atom. The number of benzene rings is 1. The molecule has 0 aliphatic rings. The maximum Gasteiger partial charge on any atom is 0.226 e. The summed E-state index contributed by atoms with van der Waals surface area (Å²) in [6.07, 6.45) is 0.167. The molecule has 3 nitrogen and oxygen atoms in total. The molecule has 3 N–H and O–H groups in total. The molecular weight excluding hydrogens is 231 g/mol. The van der Waals surface area contributed by atoms with Gasteiger partial charge in [-0.2, -0.15) is 0 Å². The lowest BCUT2D eigenvalue weighted by Crippen LogP contribution is -2.36. The summed E-state index contributed by atoms with van der Waals surface area (Å²) in [7, 11) is 0. The number of amides is 1. The van der Waals surface area contributed by atoms with Crippen molar-refractivity contribution in [3.8, 4) is 0 Å². The minimum absolute atomic E-state index is 0.167. The molecule has 16 heavy (non-hydrogen) atoms. The first kappa shape index (κ1) is 12.9. The van der Waals surface area contributed by atoms with Crippen LogP contribution in [0.2, 0.25) is 5.02 Å². The average molecular weight is 245 g/mol. The highest BCUT2D eigenvalue weighted by Gasteiger charge is 2.17. The van der Waals surface area contributed by atoms with Gasteiger partial charge in [-0.1, -0.05) is 11.6 Å². The lowest BCUT2D eigenvalue weighted by atomic mass is 10.0. The summed E-state index contributed by atoms with van der Waals surface area (Å²) < 4.78 is 12.7. The maximum atomic E-state index is 12.7. The van der Waals surface area contributed by atoms with Crippen LogP contribution in [0.25, 0.3) is 0 Å². The van der Waals surface area contributed by atoms with Crippen LogP contribution in [0.1, 0.15) is 20.3 Å². The number of carbonyl (C=O) groups is 1. The standard InChI is InChI=1S/C11H14ClFN2O/c1-11(2,14)6-10(16)15-9-4-3-7(13)5-8(9)12/h3-5H,6,14H2,1-2H3,(H,15,16). The fraction of sp³-hybridized carbons (Fsp3) is 0.364. The van der Waals surface area contributed by atoms with Gasteiger partial charge in [-0.15, -0.1) is 0 Å². The van der Waals surface area contributed by atoms with E-state index in [9.17, 15) is 9.18 Å². The van der Waals surface area contributed by atoms with Crippen LogP contribution in [0.5, 0.6) is 0 Å². The number of nitrogens with two attached hydrogens (primary N) is 1. The van der Waals surface area contributed by atoms with Crippen molar-refractivity contribution in [2.24, 2.45) is 5.73 Å². The monoisotopic (exact) mass is 244 g/mol. The second-order valence-electron chi connectivity index (χ2n) is 4.34. The summed E-state index contributed by atoms with van der Waals surface area (Å²) in [5.74, 6) is -0.692. The summed E-state index contributed by atoms with van der Waals surface area (Å²) >= 11 is 5.76. The van der Waals surface area contributed by atoms with Gasteiger partial charge in [0, 0.05) is 12.0 Å². The van der Waals surface area contributed by atoms with Crippen molar-refractivity contribution >= 4 is 23.2 Å². The normalized spacial score (nSPS) is 11.3. The van der Waals surface area contributed by atoms with Crippen LogP contribution in [0, 0.1) is 5.82 Å². The molecule has 0 radical (unpaired) electrons. The Labute approximate surface area is 98.8 Å². The van der Waals surface area contributed by atoms with Crippen molar-refractivity contribution in [3.05, 3.63) is 29.0 Å². The molecule has 0 fully saturated rings. The van der Waals surface area contributed by atoms with Gasteiger partial charge < -0.3 is 11.1 Å². The summed E-state index contributed by atoms with van der Waals surface area (Å²) in [4.78, 5) is 11.5. The van der Waals surface area contributed by atoms with Crippen LogP contribution in [-0.2, 0) is 4.79 Å². The Bertz CT molecular complexity index is 401. The van der Waals surface area contributed by atoms with Crippen LogP contribution < -0.4 is 11.1 Å². The van der Waals surface area contributed by atoms with E-state index in [0.717, 1.165) is 6.07 Å². The Balaban J connectivity index is 2.70. The average Bonchev–Trinajstić information content (AvgIpc) is 2.06. The largest absolute Gasteiger partial charge is 0.325 e. The van der Waals surface area contributed by atoms with Crippen molar-refractivity contribution < 1.29 is 9.18 Å². The third kappa shape index (κ3) is 4.16. The third-order valence-electron chi connectivity index (χ3n) is 1.82. The molecule has 0 bridgehead atoms. The number of hydrogen-bond acceptors (Lipinski definition) is 2. The van der Waals surface area contributed by atoms with Gasteiger partial charge in [-0.25, -0.2) is 4.39 Å². The topological polar surface area (TPSA) is 55.1 Å². The highest BCUT2D eigenvalue weighted by atomic mass is 35.5. The molecule has 1 aromatic carbocycles. The molecular formula is C11H14ClFN2O. The first-order valence-electron chi connectivity index (χ1n) is 4.82. The Morgan fingerprint density at radius 2 is 2.19 bits per heavy atom. The van der Waals surface area contributed by atoms with Gasteiger partial charge in [0.15, 0.2) is 0 Å². The molecule has 1 aromatic rings. The minimum Gasteiger partial charge on any atom is -0.325 e. The molecule has 0 aromatic heterocycles. The summed E-state index contributed by atoms with van der Waals surface area (Å²) in [6.45, 7) is 3.50. The molecule has 88 valence electrons. The van der Waals surface area contributed by atoms with Gasteiger partial charge in [0.25, 0.3) is 0 Å². The van der Waals surface area contributed by atoms with E-state index >= 15 is 0 Å². The van der Waals surface area contributed by atoms with E-state index in [2.05, 4.69) is 5.32 Å². The van der Waals surface area contributed by atoms with Gasteiger partial charge >= 0.3 is 0 Å². The van der Waals surface area contributed by atoms with E-state index in [-0.39, 0.29) is 17.4 Å². The first-order chi connectivity index (χ1) is 7.28. The minimum atomic E-state index is -0.587. The van der Waals surface area contributed by atoms with E-state index in [1.807, 2.05) is 0 Å². The fourth-order valence-electron chi connectivity index (χ4n) is 1.20. The quantitative estimate of drug-likeness (QED) is 0.859. The van der Waals surface area contributed by atoms with Crippen molar-refractivity contribution in [1.29, 1.82) is 0 Å². The zero-order valence-electron chi connectivity index (χ0n) is 9.18. The fourth-order valence-corrected chi connectivity index (χ4v) is 1.41. The second-order valence-corrected chi connectivity index (χ2v) is 4.74. The lowest BCUT2D eigenvalue weighted by molar-refractivity contribution is -0.117. The number of nitrogens with one attached hydrogen (secondary N) is 1. The molecule has 1 rings (SSSR count). The summed E-state index contributed by atoms with van der Waals surface area (Å²) in [5, 5.41) is 2.75. The Kier molecular flexibility index (Phi) is 3.88. The molecule has 0 saturated carbocycles.